The Morgan fingerprint density at radius 1 is 1.12 bits per heavy atom. The van der Waals surface area contributed by atoms with E-state index in [1.54, 1.807) is 31.4 Å². The summed E-state index contributed by atoms with van der Waals surface area (Å²) in [5.41, 5.74) is 4.22. The van der Waals surface area contributed by atoms with Crippen LogP contribution in [0.4, 0.5) is 5.69 Å². The molecule has 5 rings (SSSR count). The van der Waals surface area contributed by atoms with Crippen LogP contribution in [0.5, 0.6) is 5.75 Å². The number of hydrogen-bond acceptors (Lipinski definition) is 8. The van der Waals surface area contributed by atoms with Crippen molar-refractivity contribution >= 4 is 43.3 Å². The summed E-state index contributed by atoms with van der Waals surface area (Å²) in [6, 6.07) is 13.3. The van der Waals surface area contributed by atoms with Crippen molar-refractivity contribution in [2.75, 3.05) is 18.6 Å². The van der Waals surface area contributed by atoms with Crippen molar-refractivity contribution in [3.63, 3.8) is 0 Å². The maximum absolute atomic E-state index is 13.9. The molecule has 4 atom stereocenters. The molecule has 2 aromatic carbocycles. The number of ether oxygens (including phenoxy) is 1. The molecule has 2 amide bonds. The van der Waals surface area contributed by atoms with E-state index >= 15 is 0 Å². The van der Waals surface area contributed by atoms with E-state index in [1.165, 1.54) is 12.1 Å². The summed E-state index contributed by atoms with van der Waals surface area (Å²) in [5.74, 6) is -2.15. The molecule has 1 aliphatic carbocycles. The van der Waals surface area contributed by atoms with Crippen LogP contribution in [-0.4, -0.2) is 66.1 Å². The fourth-order valence-electron chi connectivity index (χ4n) is 6.89. The van der Waals surface area contributed by atoms with Gasteiger partial charge in [-0.3, -0.25) is 14.5 Å². The summed E-state index contributed by atoms with van der Waals surface area (Å²) < 4.78 is 11.6. The molecular formula is C31H37B2NO8. The number of benzene rings is 2. The van der Waals surface area contributed by atoms with Gasteiger partial charge in [-0.15, -0.1) is 0 Å². The molecule has 0 spiro atoms. The number of nitrogens with zero attached hydrogens (tertiary/aromatic N) is 1. The summed E-state index contributed by atoms with van der Waals surface area (Å²) in [5, 5.41) is 40.4. The van der Waals surface area contributed by atoms with Gasteiger partial charge in [-0.25, -0.2) is 0 Å². The van der Waals surface area contributed by atoms with E-state index in [0.29, 0.717) is 24.9 Å². The normalized spacial score (nSPS) is 24.3. The number of phenolic OH excluding ortho intramolecular Hbond substituents is 1. The van der Waals surface area contributed by atoms with E-state index in [1.807, 2.05) is 18.2 Å². The van der Waals surface area contributed by atoms with Gasteiger partial charge in [-0.1, -0.05) is 55.3 Å². The third-order valence-electron chi connectivity index (χ3n) is 8.65. The van der Waals surface area contributed by atoms with E-state index in [9.17, 15) is 29.8 Å². The van der Waals surface area contributed by atoms with E-state index in [4.69, 9.17) is 9.39 Å². The van der Waals surface area contributed by atoms with Crippen LogP contribution in [0.1, 0.15) is 44.6 Å². The quantitative estimate of drug-likeness (QED) is 0.194. The smallest absolute Gasteiger partial charge is 0.488 e. The second kappa shape index (κ2) is 13.0. The van der Waals surface area contributed by atoms with Gasteiger partial charge in [0.2, 0.25) is 11.8 Å². The van der Waals surface area contributed by atoms with Gasteiger partial charge in [0.05, 0.1) is 30.2 Å². The summed E-state index contributed by atoms with van der Waals surface area (Å²) >= 11 is 0. The zero-order valence-electron chi connectivity index (χ0n) is 24.0. The van der Waals surface area contributed by atoms with E-state index in [0.717, 1.165) is 40.0 Å². The summed E-state index contributed by atoms with van der Waals surface area (Å²) in [6.45, 7) is 2.38. The second-order valence-corrected chi connectivity index (χ2v) is 11.4. The highest BCUT2D eigenvalue weighted by atomic mass is 16.5. The molecule has 0 aromatic heterocycles. The van der Waals surface area contributed by atoms with Crippen LogP contribution in [0, 0.1) is 17.8 Å². The van der Waals surface area contributed by atoms with E-state index in [-0.39, 0.29) is 36.0 Å². The Bertz CT molecular complexity index is 1390. The van der Waals surface area contributed by atoms with Crippen LogP contribution in [0.25, 0.3) is 6.08 Å². The number of phenols is 1. The van der Waals surface area contributed by atoms with Gasteiger partial charge in [0.25, 0.3) is 0 Å². The number of hydrogen-bond donors (Lipinski definition) is 4. The van der Waals surface area contributed by atoms with Crippen molar-refractivity contribution in [1.29, 1.82) is 0 Å². The first-order valence-electron chi connectivity index (χ1n) is 14.6. The molecular weight excluding hydrogens is 536 g/mol. The second-order valence-electron chi connectivity index (χ2n) is 11.4. The Kier molecular flexibility index (Phi) is 9.35. The molecule has 220 valence electrons. The monoisotopic (exact) mass is 573 g/mol. The van der Waals surface area contributed by atoms with Crippen LogP contribution in [-0.2, 0) is 19.0 Å². The molecule has 0 bridgehead atoms. The molecule has 0 radical (unpaired) electrons. The summed E-state index contributed by atoms with van der Waals surface area (Å²) in [7, 11) is -1.23. The Labute approximate surface area is 246 Å². The number of para-hydroxylation sites is 1. The lowest BCUT2D eigenvalue weighted by atomic mass is 9.58. The molecule has 3 aliphatic rings. The SMILES string of the molecule is CCC/C(=C\c1ccccc1O)CC[C@H]1OB(O)C[C@H]2C1=C(COC)C[C@H]1C(=O)N(c3cccc(B(O)O)c3)C(=O)[C@H]12. The predicted molar refractivity (Wildman–Crippen MR) is 161 cm³/mol. The maximum atomic E-state index is 13.9. The molecule has 4 N–H and O–H groups in total. The zero-order chi connectivity index (χ0) is 30.0. The number of amides is 2. The third kappa shape index (κ3) is 5.98. The minimum absolute atomic E-state index is 0.183. The van der Waals surface area contributed by atoms with Crippen LogP contribution in [0.3, 0.4) is 0 Å². The molecule has 2 heterocycles. The lowest BCUT2D eigenvalue weighted by molar-refractivity contribution is -0.122. The molecule has 0 unspecified atom stereocenters. The van der Waals surface area contributed by atoms with Gasteiger partial charge in [-0.2, -0.15) is 0 Å². The lowest BCUT2D eigenvalue weighted by Gasteiger charge is -2.43. The van der Waals surface area contributed by atoms with Crippen molar-refractivity contribution in [1.82, 2.24) is 0 Å². The molecule has 2 saturated heterocycles. The van der Waals surface area contributed by atoms with Gasteiger partial charge >= 0.3 is 14.2 Å². The molecule has 2 aromatic rings. The number of aromatic hydroxyl groups is 1. The van der Waals surface area contributed by atoms with Crippen LogP contribution >= 0.6 is 0 Å². The minimum atomic E-state index is -1.73. The van der Waals surface area contributed by atoms with Crippen molar-refractivity contribution < 1.29 is 39.2 Å². The minimum Gasteiger partial charge on any atom is -0.507 e. The van der Waals surface area contributed by atoms with Crippen LogP contribution < -0.4 is 10.4 Å². The number of allylic oxidation sites excluding steroid dienone is 1. The van der Waals surface area contributed by atoms with Crippen molar-refractivity contribution in [2.45, 2.75) is 51.5 Å². The number of anilines is 1. The third-order valence-corrected chi connectivity index (χ3v) is 8.65. The number of fused-ring (bicyclic) bond motifs is 3. The first-order valence-corrected chi connectivity index (χ1v) is 14.6. The van der Waals surface area contributed by atoms with Crippen LogP contribution in [0.15, 0.2) is 65.3 Å². The molecule has 11 heteroatoms. The number of carbonyl (C=O) groups is 2. The van der Waals surface area contributed by atoms with Crippen LogP contribution in [0.2, 0.25) is 6.32 Å². The number of imide groups is 1. The van der Waals surface area contributed by atoms with E-state index in [2.05, 4.69) is 6.92 Å². The molecule has 9 nitrogen and oxygen atoms in total. The average molecular weight is 573 g/mol. The van der Waals surface area contributed by atoms with Crippen molar-refractivity contribution in [3.8, 4) is 5.75 Å². The van der Waals surface area contributed by atoms with Gasteiger partial charge < -0.3 is 29.6 Å². The Morgan fingerprint density at radius 3 is 2.62 bits per heavy atom. The van der Waals surface area contributed by atoms with E-state index < -0.39 is 38.1 Å². The maximum Gasteiger partial charge on any atom is 0.488 e. The Morgan fingerprint density at radius 2 is 1.90 bits per heavy atom. The summed E-state index contributed by atoms with van der Waals surface area (Å²) in [6.07, 6.45) is 5.08. The first-order chi connectivity index (χ1) is 20.2. The predicted octanol–water partition coefficient (Wildman–Crippen LogP) is 2.68. The Balaban J connectivity index is 1.45. The fraction of sp³-hybridized carbons (Fsp3) is 0.419. The van der Waals surface area contributed by atoms with Gasteiger partial charge in [0.1, 0.15) is 5.75 Å². The average Bonchev–Trinajstić information content (AvgIpc) is 3.22. The Hall–Kier alpha value is -3.21. The standard InChI is InChI=1S/C31H37B2NO8/c1-3-7-19(14-20-8-4-5-11-26(20)35)12-13-27-28-21(18-41-2)15-24-29(25(28)17-32(38)42-27)31(37)34(30(24)36)23-10-6-9-22(16-23)33(39)40/h4-6,8-11,14,16,24-25,27,29,35,38-40H,3,7,12-13,15,17-18H2,1-2H3/b19-14+/t24-,25+,27-,29-/m1/s1. The zero-order valence-corrected chi connectivity index (χ0v) is 24.0. The largest absolute Gasteiger partial charge is 0.507 e. The number of rotatable bonds is 10. The molecule has 0 saturated carbocycles. The highest BCUT2D eigenvalue weighted by Crippen LogP contribution is 2.51. The number of carbonyl (C=O) groups excluding carboxylic acids is 2. The van der Waals surface area contributed by atoms with Gasteiger partial charge in [-0.05, 0) is 72.7 Å². The number of methoxy groups -OCH3 is 1. The topological polar surface area (TPSA) is 137 Å². The fourth-order valence-corrected chi connectivity index (χ4v) is 6.89. The lowest BCUT2D eigenvalue weighted by Crippen LogP contribution is -2.46. The summed E-state index contributed by atoms with van der Waals surface area (Å²) in [4.78, 5) is 28.8. The molecule has 2 fully saturated rings. The highest BCUT2D eigenvalue weighted by molar-refractivity contribution is 6.58. The van der Waals surface area contributed by atoms with Gasteiger partial charge in [0.15, 0.2) is 0 Å². The van der Waals surface area contributed by atoms with Crippen molar-refractivity contribution in [3.05, 3.63) is 70.8 Å². The van der Waals surface area contributed by atoms with Crippen molar-refractivity contribution in [2.24, 2.45) is 17.8 Å². The van der Waals surface area contributed by atoms with Gasteiger partial charge in [0, 0.05) is 12.7 Å². The molecule has 2 aliphatic heterocycles. The molecule has 42 heavy (non-hydrogen) atoms. The highest BCUT2D eigenvalue weighted by Gasteiger charge is 2.57. The first kappa shape index (κ1) is 30.3.